The lowest BCUT2D eigenvalue weighted by Gasteiger charge is -2.37. The number of benzene rings is 1. The van der Waals surface area contributed by atoms with Gasteiger partial charge in [-0.25, -0.2) is 12.7 Å². The molecule has 0 radical (unpaired) electrons. The van der Waals surface area contributed by atoms with Crippen molar-refractivity contribution in [2.75, 3.05) is 26.4 Å². The molecule has 25 heavy (non-hydrogen) atoms. The van der Waals surface area contributed by atoms with Gasteiger partial charge in [-0.2, -0.15) is 0 Å². The van der Waals surface area contributed by atoms with Gasteiger partial charge in [0.2, 0.25) is 15.9 Å². The third kappa shape index (κ3) is 3.60. The molecule has 2 fully saturated rings. The fraction of sp³-hybridized carbons (Fsp3) is 0.632. The highest BCUT2D eigenvalue weighted by atomic mass is 32.2. The predicted octanol–water partition coefficient (Wildman–Crippen LogP) is 2.22. The summed E-state index contributed by atoms with van der Waals surface area (Å²) in [5.74, 6) is 0.220. The van der Waals surface area contributed by atoms with Crippen LogP contribution in [0, 0.1) is 13.8 Å². The molecule has 0 spiro atoms. The lowest BCUT2D eigenvalue weighted by Crippen LogP contribution is -2.49. The van der Waals surface area contributed by atoms with Gasteiger partial charge in [-0.3, -0.25) is 4.79 Å². The molecule has 0 atom stereocenters. The van der Waals surface area contributed by atoms with Crippen LogP contribution in [-0.4, -0.2) is 56.0 Å². The molecule has 1 aliphatic heterocycles. The summed E-state index contributed by atoms with van der Waals surface area (Å²) in [7, 11) is -1.54. The minimum atomic E-state index is -3.18. The molecule has 1 aromatic carbocycles. The van der Waals surface area contributed by atoms with Crippen molar-refractivity contribution >= 4 is 15.9 Å². The Morgan fingerprint density at radius 2 is 1.64 bits per heavy atom. The van der Waals surface area contributed by atoms with Crippen molar-refractivity contribution in [3.63, 3.8) is 0 Å². The van der Waals surface area contributed by atoms with E-state index in [1.807, 2.05) is 4.90 Å². The maximum Gasteiger partial charge on any atom is 0.233 e. The quantitative estimate of drug-likeness (QED) is 0.823. The number of rotatable bonds is 4. The van der Waals surface area contributed by atoms with Crippen molar-refractivity contribution in [3.8, 4) is 0 Å². The molecule has 1 saturated carbocycles. The molecule has 0 bridgehead atoms. The molecular weight excluding hydrogens is 336 g/mol. The Kier molecular flexibility index (Phi) is 4.71. The van der Waals surface area contributed by atoms with Crippen LogP contribution in [0.2, 0.25) is 0 Å². The number of sulfonamides is 1. The monoisotopic (exact) mass is 364 g/mol. The zero-order chi connectivity index (χ0) is 18.4. The van der Waals surface area contributed by atoms with Gasteiger partial charge in [0.05, 0.1) is 11.7 Å². The van der Waals surface area contributed by atoms with E-state index in [9.17, 15) is 13.2 Å². The SMILES string of the molecule is Cc1cc(C)cc(C2(C(=O)N3CCC(N(C)S(C)(=O)=O)CC3)CC2)c1. The number of hydrogen-bond donors (Lipinski definition) is 0. The number of nitrogens with zero attached hydrogens (tertiary/aromatic N) is 2. The molecule has 3 rings (SSSR count). The van der Waals surface area contributed by atoms with Gasteiger partial charge in [-0.1, -0.05) is 29.3 Å². The van der Waals surface area contributed by atoms with E-state index in [1.54, 1.807) is 7.05 Å². The molecule has 1 aliphatic carbocycles. The highest BCUT2D eigenvalue weighted by Crippen LogP contribution is 2.50. The van der Waals surface area contributed by atoms with Crippen LogP contribution in [0.1, 0.15) is 42.4 Å². The van der Waals surface area contributed by atoms with Crippen molar-refractivity contribution in [2.24, 2.45) is 0 Å². The zero-order valence-corrected chi connectivity index (χ0v) is 16.4. The summed E-state index contributed by atoms with van der Waals surface area (Å²) >= 11 is 0. The van der Waals surface area contributed by atoms with Crippen LogP contribution >= 0.6 is 0 Å². The van der Waals surface area contributed by atoms with Crippen LogP contribution < -0.4 is 0 Å². The van der Waals surface area contributed by atoms with Crippen molar-refractivity contribution in [3.05, 3.63) is 34.9 Å². The first-order valence-corrected chi connectivity index (χ1v) is 10.8. The number of carbonyl (C=O) groups excluding carboxylic acids is 1. The van der Waals surface area contributed by atoms with E-state index in [0.29, 0.717) is 25.9 Å². The Balaban J connectivity index is 1.71. The van der Waals surface area contributed by atoms with E-state index in [1.165, 1.54) is 21.7 Å². The van der Waals surface area contributed by atoms with Gasteiger partial charge < -0.3 is 4.90 Å². The fourth-order valence-corrected chi connectivity index (χ4v) is 4.76. The number of likely N-dealkylation sites (tertiary alicyclic amines) is 1. The Morgan fingerprint density at radius 3 is 2.08 bits per heavy atom. The first-order chi connectivity index (χ1) is 11.6. The van der Waals surface area contributed by atoms with Gasteiger partial charge >= 0.3 is 0 Å². The number of carbonyl (C=O) groups is 1. The van der Waals surface area contributed by atoms with Crippen LogP contribution in [-0.2, 0) is 20.2 Å². The average Bonchev–Trinajstić information content (AvgIpc) is 3.34. The number of hydrogen-bond acceptors (Lipinski definition) is 3. The average molecular weight is 365 g/mol. The predicted molar refractivity (Wildman–Crippen MR) is 99.0 cm³/mol. The lowest BCUT2D eigenvalue weighted by atomic mass is 9.90. The molecule has 6 heteroatoms. The van der Waals surface area contributed by atoms with Crippen molar-refractivity contribution in [1.29, 1.82) is 0 Å². The molecule has 1 aromatic rings. The highest BCUT2D eigenvalue weighted by Gasteiger charge is 2.53. The second-order valence-corrected chi connectivity index (χ2v) is 9.80. The van der Waals surface area contributed by atoms with Crippen LogP contribution in [0.3, 0.4) is 0 Å². The van der Waals surface area contributed by atoms with E-state index in [4.69, 9.17) is 0 Å². The minimum Gasteiger partial charge on any atom is -0.342 e. The largest absolute Gasteiger partial charge is 0.342 e. The van der Waals surface area contributed by atoms with Gasteiger partial charge in [-0.15, -0.1) is 0 Å². The molecule has 0 N–H and O–H groups in total. The van der Waals surface area contributed by atoms with Crippen LogP contribution in [0.25, 0.3) is 0 Å². The third-order valence-corrected chi connectivity index (χ3v) is 7.07. The van der Waals surface area contributed by atoms with Crippen LogP contribution in [0.5, 0.6) is 0 Å². The standard InChI is InChI=1S/C19H28N2O3S/c1-14-11-15(2)13-16(12-14)19(7-8-19)18(22)21-9-5-17(6-10-21)20(3)25(4,23)24/h11-13,17H,5-10H2,1-4H3. The Labute approximate surface area is 151 Å². The maximum atomic E-state index is 13.2. The van der Waals surface area contributed by atoms with Gasteiger partial charge in [0.15, 0.2) is 0 Å². The highest BCUT2D eigenvalue weighted by molar-refractivity contribution is 7.88. The second kappa shape index (κ2) is 6.40. The maximum absolute atomic E-state index is 13.2. The molecule has 1 amide bonds. The van der Waals surface area contributed by atoms with Crippen LogP contribution in [0.15, 0.2) is 18.2 Å². The molecule has 5 nitrogen and oxygen atoms in total. The number of piperidine rings is 1. The summed E-state index contributed by atoms with van der Waals surface area (Å²) in [6.07, 6.45) is 4.48. The van der Waals surface area contributed by atoms with Crippen LogP contribution in [0.4, 0.5) is 0 Å². The Bertz CT molecular complexity index is 756. The topological polar surface area (TPSA) is 57.7 Å². The normalized spacial score (nSPS) is 20.8. The van der Waals surface area contributed by atoms with Gasteiger partial charge in [0.1, 0.15) is 0 Å². The van der Waals surface area contributed by atoms with E-state index in [-0.39, 0.29) is 17.4 Å². The van der Waals surface area contributed by atoms with E-state index in [0.717, 1.165) is 18.4 Å². The molecular formula is C19H28N2O3S. The zero-order valence-electron chi connectivity index (χ0n) is 15.6. The van der Waals surface area contributed by atoms with Crippen molar-refractivity contribution < 1.29 is 13.2 Å². The fourth-order valence-electron chi connectivity index (χ4n) is 4.01. The summed E-state index contributed by atoms with van der Waals surface area (Å²) < 4.78 is 24.9. The Hall–Kier alpha value is -1.40. The number of aryl methyl sites for hydroxylation is 2. The minimum absolute atomic E-state index is 0.00424. The summed E-state index contributed by atoms with van der Waals surface area (Å²) in [4.78, 5) is 15.1. The molecule has 0 aromatic heterocycles. The molecule has 138 valence electrons. The summed E-state index contributed by atoms with van der Waals surface area (Å²) in [6, 6.07) is 6.41. The molecule has 1 saturated heterocycles. The second-order valence-electron chi connectivity index (χ2n) is 7.76. The molecule has 0 unspecified atom stereocenters. The lowest BCUT2D eigenvalue weighted by molar-refractivity contribution is -0.135. The van der Waals surface area contributed by atoms with Crippen molar-refractivity contribution in [2.45, 2.75) is 51.0 Å². The van der Waals surface area contributed by atoms with E-state index >= 15 is 0 Å². The van der Waals surface area contributed by atoms with Crippen molar-refractivity contribution in [1.82, 2.24) is 9.21 Å². The smallest absolute Gasteiger partial charge is 0.233 e. The van der Waals surface area contributed by atoms with Gasteiger partial charge in [0.25, 0.3) is 0 Å². The molecule has 1 heterocycles. The first kappa shape index (κ1) is 18.4. The number of amides is 1. The third-order valence-electron chi connectivity index (χ3n) is 5.72. The summed E-state index contributed by atoms with van der Waals surface area (Å²) in [6.45, 7) is 5.42. The van der Waals surface area contributed by atoms with Gasteiger partial charge in [-0.05, 0) is 45.1 Å². The Morgan fingerprint density at radius 1 is 1.12 bits per heavy atom. The first-order valence-electron chi connectivity index (χ1n) is 8.95. The molecule has 2 aliphatic rings. The van der Waals surface area contributed by atoms with E-state index < -0.39 is 10.0 Å². The van der Waals surface area contributed by atoms with Gasteiger partial charge in [0, 0.05) is 26.2 Å². The summed E-state index contributed by atoms with van der Waals surface area (Å²) in [5.41, 5.74) is 3.20. The summed E-state index contributed by atoms with van der Waals surface area (Å²) in [5, 5.41) is 0. The van der Waals surface area contributed by atoms with E-state index in [2.05, 4.69) is 32.0 Å².